The molecular weight excluding hydrogens is 404 g/mol. The molecule has 156 valence electrons. The molecule has 0 radical (unpaired) electrons. The molecule has 0 saturated heterocycles. The van der Waals surface area contributed by atoms with Gasteiger partial charge in [0.2, 0.25) is 5.91 Å². The van der Waals surface area contributed by atoms with Gasteiger partial charge in [-0.15, -0.1) is 11.8 Å². The second kappa shape index (κ2) is 9.67. The molecule has 0 heterocycles. The monoisotopic (exact) mass is 428 g/mol. The highest BCUT2D eigenvalue weighted by Crippen LogP contribution is 2.28. The first-order chi connectivity index (χ1) is 15.1. The van der Waals surface area contributed by atoms with Crippen LogP contribution in [0.5, 0.6) is 5.75 Å². The van der Waals surface area contributed by atoms with E-state index in [0.717, 1.165) is 32.4 Å². The van der Waals surface area contributed by atoms with Crippen LogP contribution >= 0.6 is 11.8 Å². The standard InChI is InChI=1S/C26H24N2O2S/c1-18(2)30-24-15-14-20-9-3-5-11-21(20)23(24)16-27-28-26(29)17-31-25-13-7-10-19-8-4-6-12-22(19)25/h3-16,18H,17H2,1-2H3,(H,28,29)/b27-16+. The van der Waals surface area contributed by atoms with Gasteiger partial charge < -0.3 is 4.74 Å². The van der Waals surface area contributed by atoms with Gasteiger partial charge in [-0.2, -0.15) is 5.10 Å². The normalized spacial score (nSPS) is 11.5. The van der Waals surface area contributed by atoms with Gasteiger partial charge in [0.25, 0.3) is 0 Å². The van der Waals surface area contributed by atoms with E-state index < -0.39 is 0 Å². The zero-order chi connectivity index (χ0) is 21.6. The maximum Gasteiger partial charge on any atom is 0.250 e. The number of thioether (sulfide) groups is 1. The molecule has 0 fully saturated rings. The molecule has 31 heavy (non-hydrogen) atoms. The molecule has 5 heteroatoms. The van der Waals surface area contributed by atoms with E-state index in [9.17, 15) is 4.79 Å². The maximum atomic E-state index is 12.4. The van der Waals surface area contributed by atoms with Crippen LogP contribution in [-0.4, -0.2) is 24.0 Å². The summed E-state index contributed by atoms with van der Waals surface area (Å²) < 4.78 is 5.95. The Morgan fingerprint density at radius 3 is 2.39 bits per heavy atom. The molecule has 0 spiro atoms. The summed E-state index contributed by atoms with van der Waals surface area (Å²) in [5, 5.41) is 8.66. The second-order valence-corrected chi connectivity index (χ2v) is 8.44. The van der Waals surface area contributed by atoms with Crippen molar-refractivity contribution in [1.82, 2.24) is 5.43 Å². The lowest BCUT2D eigenvalue weighted by atomic mass is 10.0. The molecule has 4 rings (SSSR count). The van der Waals surface area contributed by atoms with E-state index in [4.69, 9.17) is 4.74 Å². The smallest absolute Gasteiger partial charge is 0.250 e. The van der Waals surface area contributed by atoms with Crippen molar-refractivity contribution in [3.05, 3.63) is 84.4 Å². The predicted molar refractivity (Wildman–Crippen MR) is 130 cm³/mol. The molecule has 1 N–H and O–H groups in total. The lowest BCUT2D eigenvalue weighted by Gasteiger charge is -2.14. The third kappa shape index (κ3) is 5.06. The molecule has 4 aromatic carbocycles. The summed E-state index contributed by atoms with van der Waals surface area (Å²) in [7, 11) is 0. The van der Waals surface area contributed by atoms with E-state index in [1.807, 2.05) is 74.5 Å². The highest BCUT2D eigenvalue weighted by molar-refractivity contribution is 8.00. The number of hydrazone groups is 1. The molecule has 0 saturated carbocycles. The quantitative estimate of drug-likeness (QED) is 0.222. The zero-order valence-electron chi connectivity index (χ0n) is 17.5. The molecule has 0 aromatic heterocycles. The van der Waals surface area contributed by atoms with Gasteiger partial charge in [-0.1, -0.05) is 66.7 Å². The topological polar surface area (TPSA) is 50.7 Å². The number of hydrogen-bond donors (Lipinski definition) is 1. The van der Waals surface area contributed by atoms with Crippen LogP contribution in [0, 0.1) is 0 Å². The van der Waals surface area contributed by atoms with Gasteiger partial charge in [0.15, 0.2) is 0 Å². The van der Waals surface area contributed by atoms with Gasteiger partial charge in [-0.05, 0) is 47.5 Å². The van der Waals surface area contributed by atoms with E-state index in [2.05, 4.69) is 28.7 Å². The van der Waals surface area contributed by atoms with Crippen molar-refractivity contribution in [3.8, 4) is 5.75 Å². The molecule has 0 aliphatic carbocycles. The predicted octanol–water partition coefficient (Wildman–Crippen LogP) is 6.02. The maximum absolute atomic E-state index is 12.4. The third-order valence-corrected chi connectivity index (χ3v) is 5.86. The lowest BCUT2D eigenvalue weighted by Crippen LogP contribution is -2.19. The zero-order valence-corrected chi connectivity index (χ0v) is 18.4. The first-order valence-electron chi connectivity index (χ1n) is 10.2. The fourth-order valence-electron chi connectivity index (χ4n) is 3.43. The van der Waals surface area contributed by atoms with Crippen molar-refractivity contribution in [3.63, 3.8) is 0 Å². The summed E-state index contributed by atoms with van der Waals surface area (Å²) >= 11 is 1.51. The number of fused-ring (bicyclic) bond motifs is 2. The fraction of sp³-hybridized carbons (Fsp3) is 0.154. The van der Waals surface area contributed by atoms with Gasteiger partial charge in [0, 0.05) is 10.5 Å². The Kier molecular flexibility index (Phi) is 6.53. The first kappa shape index (κ1) is 20.9. The van der Waals surface area contributed by atoms with Crippen molar-refractivity contribution < 1.29 is 9.53 Å². The minimum Gasteiger partial charge on any atom is -0.490 e. The fourth-order valence-corrected chi connectivity index (χ4v) is 4.30. The summed E-state index contributed by atoms with van der Waals surface area (Å²) in [5.41, 5.74) is 3.50. The first-order valence-corrected chi connectivity index (χ1v) is 11.2. The number of carbonyl (C=O) groups excluding carboxylic acids is 1. The summed E-state index contributed by atoms with van der Waals surface area (Å²) in [6, 6.07) is 26.3. The second-order valence-electron chi connectivity index (χ2n) is 7.42. The Balaban J connectivity index is 1.47. The molecular formula is C26H24N2O2S. The number of amides is 1. The van der Waals surface area contributed by atoms with Crippen LogP contribution in [0.2, 0.25) is 0 Å². The van der Waals surface area contributed by atoms with Crippen molar-refractivity contribution in [2.75, 3.05) is 5.75 Å². The average Bonchev–Trinajstić information content (AvgIpc) is 2.78. The van der Waals surface area contributed by atoms with Gasteiger partial charge in [0.1, 0.15) is 5.75 Å². The van der Waals surface area contributed by atoms with Crippen molar-refractivity contribution >= 4 is 45.4 Å². The van der Waals surface area contributed by atoms with Crippen molar-refractivity contribution in [2.45, 2.75) is 24.8 Å². The highest BCUT2D eigenvalue weighted by atomic mass is 32.2. The molecule has 0 unspecified atom stereocenters. The van der Waals surface area contributed by atoms with Crippen molar-refractivity contribution in [2.24, 2.45) is 5.10 Å². The number of nitrogens with one attached hydrogen (secondary N) is 1. The van der Waals surface area contributed by atoms with Crippen LogP contribution in [-0.2, 0) is 4.79 Å². The van der Waals surface area contributed by atoms with Crippen LogP contribution in [0.15, 0.2) is 88.9 Å². The minimum atomic E-state index is -0.152. The Bertz CT molecular complexity index is 1250. The molecule has 0 aliphatic rings. The molecule has 0 atom stereocenters. The van der Waals surface area contributed by atoms with E-state index in [-0.39, 0.29) is 17.8 Å². The number of nitrogens with zero attached hydrogens (tertiary/aromatic N) is 1. The summed E-state index contributed by atoms with van der Waals surface area (Å²) in [6.45, 7) is 3.98. The Hall–Kier alpha value is -3.31. The molecule has 0 bridgehead atoms. The SMILES string of the molecule is CC(C)Oc1ccc2ccccc2c1/C=N/NC(=O)CSc1cccc2ccccc12. The number of hydrogen-bond acceptors (Lipinski definition) is 4. The number of carbonyl (C=O) groups is 1. The summed E-state index contributed by atoms with van der Waals surface area (Å²) in [6.07, 6.45) is 1.71. The number of benzene rings is 4. The van der Waals surface area contributed by atoms with Gasteiger partial charge >= 0.3 is 0 Å². The van der Waals surface area contributed by atoms with Crippen LogP contribution in [0.3, 0.4) is 0 Å². The number of rotatable bonds is 7. The lowest BCUT2D eigenvalue weighted by molar-refractivity contribution is -0.118. The Morgan fingerprint density at radius 1 is 0.935 bits per heavy atom. The van der Waals surface area contributed by atoms with Crippen LogP contribution in [0.25, 0.3) is 21.5 Å². The van der Waals surface area contributed by atoms with Crippen LogP contribution in [0.1, 0.15) is 19.4 Å². The van der Waals surface area contributed by atoms with Crippen LogP contribution < -0.4 is 10.2 Å². The van der Waals surface area contributed by atoms with Crippen LogP contribution in [0.4, 0.5) is 0 Å². The molecule has 1 amide bonds. The van der Waals surface area contributed by atoms with Gasteiger partial charge in [-0.3, -0.25) is 4.79 Å². The Morgan fingerprint density at radius 2 is 1.61 bits per heavy atom. The van der Waals surface area contributed by atoms with Gasteiger partial charge in [-0.25, -0.2) is 5.43 Å². The summed E-state index contributed by atoms with van der Waals surface area (Å²) in [5.74, 6) is 0.883. The Labute approximate surface area is 186 Å². The largest absolute Gasteiger partial charge is 0.490 e. The third-order valence-electron chi connectivity index (χ3n) is 4.78. The van der Waals surface area contributed by atoms with Crippen molar-refractivity contribution in [1.29, 1.82) is 0 Å². The molecule has 0 aliphatic heterocycles. The molecule has 4 aromatic rings. The minimum absolute atomic E-state index is 0.0417. The van der Waals surface area contributed by atoms with E-state index in [0.29, 0.717) is 0 Å². The van der Waals surface area contributed by atoms with E-state index >= 15 is 0 Å². The van der Waals surface area contributed by atoms with Gasteiger partial charge in [0.05, 0.1) is 18.1 Å². The van der Waals surface area contributed by atoms with E-state index in [1.54, 1.807) is 6.21 Å². The summed E-state index contributed by atoms with van der Waals surface area (Å²) in [4.78, 5) is 13.5. The van der Waals surface area contributed by atoms with E-state index in [1.165, 1.54) is 17.1 Å². The molecule has 4 nitrogen and oxygen atoms in total. The number of ether oxygens (including phenoxy) is 1. The average molecular weight is 429 g/mol. The highest BCUT2D eigenvalue weighted by Gasteiger charge is 2.09.